The molecule has 7 heteroatoms. The molecular formula is C14H9ClN4O2. The molecule has 0 fully saturated rings. The van der Waals surface area contributed by atoms with Gasteiger partial charge in [-0.05, 0) is 29.3 Å². The molecule has 0 amide bonds. The van der Waals surface area contributed by atoms with E-state index in [0.29, 0.717) is 6.42 Å². The summed E-state index contributed by atoms with van der Waals surface area (Å²) < 4.78 is 0. The van der Waals surface area contributed by atoms with Crippen molar-refractivity contribution in [2.45, 2.75) is 6.42 Å². The first-order valence-corrected chi connectivity index (χ1v) is 6.51. The molecule has 0 radical (unpaired) electrons. The van der Waals surface area contributed by atoms with Crippen LogP contribution >= 0.6 is 11.6 Å². The molecule has 104 valence electrons. The summed E-state index contributed by atoms with van der Waals surface area (Å²) in [6.07, 6.45) is 3.10. The fourth-order valence-corrected chi connectivity index (χ4v) is 2.31. The second-order valence-corrected chi connectivity index (χ2v) is 4.73. The molecule has 6 nitrogen and oxygen atoms in total. The number of rotatable bonds is 3. The maximum atomic E-state index is 11.1. The fraction of sp³-hybridized carbons (Fsp3) is 0.0714. The Labute approximate surface area is 124 Å². The Morgan fingerprint density at radius 2 is 2.00 bits per heavy atom. The van der Waals surface area contributed by atoms with Gasteiger partial charge in [0.2, 0.25) is 5.28 Å². The number of aromatic nitrogens is 3. The summed E-state index contributed by atoms with van der Waals surface area (Å²) in [4.78, 5) is 22.5. The van der Waals surface area contributed by atoms with Crippen molar-refractivity contribution in [3.63, 3.8) is 0 Å². The van der Waals surface area contributed by atoms with E-state index in [9.17, 15) is 10.1 Å². The predicted molar refractivity (Wildman–Crippen MR) is 78.2 cm³/mol. The van der Waals surface area contributed by atoms with Crippen molar-refractivity contribution >= 4 is 28.2 Å². The quantitative estimate of drug-likeness (QED) is 0.421. The van der Waals surface area contributed by atoms with Crippen molar-refractivity contribution in [3.05, 3.63) is 69.4 Å². The largest absolute Gasteiger partial charge is 0.309 e. The predicted octanol–water partition coefficient (Wildman–Crippen LogP) is 3.18. The molecule has 3 rings (SSSR count). The number of fused-ring (bicyclic) bond motifs is 1. The highest BCUT2D eigenvalue weighted by Gasteiger charge is 2.18. The van der Waals surface area contributed by atoms with Crippen LogP contribution in [0.25, 0.3) is 10.9 Å². The second kappa shape index (κ2) is 5.41. The summed E-state index contributed by atoms with van der Waals surface area (Å²) in [5.41, 5.74) is 1.88. The van der Waals surface area contributed by atoms with Crippen molar-refractivity contribution < 1.29 is 4.92 Å². The molecule has 1 aromatic carbocycles. The Morgan fingerprint density at radius 1 is 1.19 bits per heavy atom. The highest BCUT2D eigenvalue weighted by atomic mass is 35.5. The molecule has 21 heavy (non-hydrogen) atoms. The number of pyridine rings is 1. The molecule has 0 N–H and O–H groups in total. The molecule has 0 bridgehead atoms. The van der Waals surface area contributed by atoms with E-state index < -0.39 is 4.92 Å². The Morgan fingerprint density at radius 3 is 2.81 bits per heavy atom. The molecule has 2 aromatic heterocycles. The monoisotopic (exact) mass is 300 g/mol. The standard InChI is InChI=1S/C14H9ClN4O2/c15-14-17-8-13(19(20)21)12(18-14)7-9-5-6-16-11-4-2-1-3-10(9)11/h1-6,8H,7H2. The number of nitro groups is 1. The number of benzene rings is 1. The molecule has 0 atom stereocenters. The first kappa shape index (κ1) is 13.4. The summed E-state index contributed by atoms with van der Waals surface area (Å²) in [5, 5.41) is 12.0. The van der Waals surface area contributed by atoms with Gasteiger partial charge >= 0.3 is 5.69 Å². The number of halogens is 1. The first-order valence-electron chi connectivity index (χ1n) is 6.13. The van der Waals surface area contributed by atoms with Gasteiger partial charge in [-0.25, -0.2) is 9.97 Å². The van der Waals surface area contributed by atoms with Crippen LogP contribution in [-0.4, -0.2) is 19.9 Å². The Bertz CT molecular complexity index is 833. The van der Waals surface area contributed by atoms with Crippen molar-refractivity contribution in [3.8, 4) is 0 Å². The fourth-order valence-electron chi connectivity index (χ4n) is 2.16. The van der Waals surface area contributed by atoms with Gasteiger partial charge in [-0.15, -0.1) is 0 Å². The third kappa shape index (κ3) is 2.66. The zero-order valence-corrected chi connectivity index (χ0v) is 11.5. The highest BCUT2D eigenvalue weighted by Crippen LogP contribution is 2.24. The van der Waals surface area contributed by atoms with Crippen LogP contribution in [0.3, 0.4) is 0 Å². The Hall–Kier alpha value is -2.60. The van der Waals surface area contributed by atoms with Gasteiger partial charge < -0.3 is 0 Å². The molecule has 0 aliphatic rings. The minimum atomic E-state index is -0.505. The van der Waals surface area contributed by atoms with Gasteiger partial charge in [0.25, 0.3) is 0 Å². The van der Waals surface area contributed by atoms with E-state index in [4.69, 9.17) is 11.6 Å². The average Bonchev–Trinajstić information content (AvgIpc) is 2.47. The van der Waals surface area contributed by atoms with Crippen molar-refractivity contribution in [1.82, 2.24) is 15.0 Å². The number of para-hydroxylation sites is 1. The van der Waals surface area contributed by atoms with E-state index in [1.807, 2.05) is 30.3 Å². The highest BCUT2D eigenvalue weighted by molar-refractivity contribution is 6.28. The lowest BCUT2D eigenvalue weighted by Gasteiger charge is -2.06. The van der Waals surface area contributed by atoms with E-state index in [-0.39, 0.29) is 16.7 Å². The second-order valence-electron chi connectivity index (χ2n) is 4.39. The topological polar surface area (TPSA) is 81.8 Å². The number of nitrogens with zero attached hydrogens (tertiary/aromatic N) is 4. The minimum Gasteiger partial charge on any atom is -0.258 e. The van der Waals surface area contributed by atoms with E-state index in [1.165, 1.54) is 0 Å². The smallest absolute Gasteiger partial charge is 0.258 e. The molecule has 0 aliphatic carbocycles. The SMILES string of the molecule is O=[N+]([O-])c1cnc(Cl)nc1Cc1ccnc2ccccc12. The first-order chi connectivity index (χ1) is 10.1. The average molecular weight is 301 g/mol. The van der Waals surface area contributed by atoms with E-state index >= 15 is 0 Å². The van der Waals surface area contributed by atoms with E-state index in [2.05, 4.69) is 15.0 Å². The molecule has 0 saturated carbocycles. The molecule has 3 aromatic rings. The van der Waals surface area contributed by atoms with Crippen LogP contribution in [0.2, 0.25) is 5.28 Å². The summed E-state index contributed by atoms with van der Waals surface area (Å²) in [7, 11) is 0. The molecular weight excluding hydrogens is 292 g/mol. The van der Waals surface area contributed by atoms with Crippen LogP contribution < -0.4 is 0 Å². The Balaban J connectivity index is 2.11. The molecule has 0 aliphatic heterocycles. The van der Waals surface area contributed by atoms with Crippen LogP contribution in [0.5, 0.6) is 0 Å². The van der Waals surface area contributed by atoms with Crippen molar-refractivity contribution in [2.24, 2.45) is 0 Å². The normalized spacial score (nSPS) is 10.7. The molecule has 0 spiro atoms. The van der Waals surface area contributed by atoms with Gasteiger partial charge in [0.1, 0.15) is 11.9 Å². The van der Waals surface area contributed by atoms with Gasteiger partial charge in [-0.1, -0.05) is 18.2 Å². The van der Waals surface area contributed by atoms with Crippen molar-refractivity contribution in [1.29, 1.82) is 0 Å². The zero-order valence-electron chi connectivity index (χ0n) is 10.7. The van der Waals surface area contributed by atoms with Gasteiger partial charge in [0, 0.05) is 18.0 Å². The Kier molecular flexibility index (Phi) is 3.45. The van der Waals surface area contributed by atoms with Crippen LogP contribution in [-0.2, 0) is 6.42 Å². The van der Waals surface area contributed by atoms with E-state index in [0.717, 1.165) is 22.7 Å². The van der Waals surface area contributed by atoms with Crippen LogP contribution in [0, 0.1) is 10.1 Å². The lowest BCUT2D eigenvalue weighted by molar-refractivity contribution is -0.386. The zero-order chi connectivity index (χ0) is 14.8. The maximum absolute atomic E-state index is 11.1. The van der Waals surface area contributed by atoms with Gasteiger partial charge in [0.05, 0.1) is 10.4 Å². The van der Waals surface area contributed by atoms with Gasteiger partial charge in [-0.3, -0.25) is 15.1 Å². The summed E-state index contributed by atoms with van der Waals surface area (Å²) in [5.74, 6) is 0. The molecule has 2 heterocycles. The molecule has 0 unspecified atom stereocenters. The number of hydrogen-bond acceptors (Lipinski definition) is 5. The third-order valence-corrected chi connectivity index (χ3v) is 3.29. The summed E-state index contributed by atoms with van der Waals surface area (Å²) >= 11 is 5.75. The van der Waals surface area contributed by atoms with Crippen LogP contribution in [0.4, 0.5) is 5.69 Å². The third-order valence-electron chi connectivity index (χ3n) is 3.11. The maximum Gasteiger partial charge on any atom is 0.309 e. The van der Waals surface area contributed by atoms with Crippen molar-refractivity contribution in [2.75, 3.05) is 0 Å². The summed E-state index contributed by atoms with van der Waals surface area (Å²) in [6, 6.07) is 9.42. The number of hydrogen-bond donors (Lipinski definition) is 0. The summed E-state index contributed by atoms with van der Waals surface area (Å²) in [6.45, 7) is 0. The van der Waals surface area contributed by atoms with Crippen LogP contribution in [0.1, 0.15) is 11.3 Å². The van der Waals surface area contributed by atoms with Gasteiger partial charge in [0.15, 0.2) is 0 Å². The minimum absolute atomic E-state index is 0.00559. The lowest BCUT2D eigenvalue weighted by atomic mass is 10.0. The van der Waals surface area contributed by atoms with Crippen LogP contribution in [0.15, 0.2) is 42.7 Å². The van der Waals surface area contributed by atoms with Gasteiger partial charge in [-0.2, -0.15) is 0 Å². The van der Waals surface area contributed by atoms with E-state index in [1.54, 1.807) is 6.20 Å². The lowest BCUT2D eigenvalue weighted by Crippen LogP contribution is -2.02. The molecule has 0 saturated heterocycles.